The van der Waals surface area contributed by atoms with Crippen molar-refractivity contribution in [2.45, 2.75) is 46.1 Å². The van der Waals surface area contributed by atoms with Crippen LogP contribution in [0.5, 0.6) is 5.75 Å². The molecule has 2 heterocycles. The van der Waals surface area contributed by atoms with E-state index in [0.717, 1.165) is 34.3 Å². The van der Waals surface area contributed by atoms with Gasteiger partial charge in [0.15, 0.2) is 5.78 Å². The van der Waals surface area contributed by atoms with Gasteiger partial charge in [0.1, 0.15) is 5.75 Å². The minimum atomic E-state index is 0.0738. The molecular weight excluding hydrogens is 358 g/mol. The van der Waals surface area contributed by atoms with Crippen LogP contribution in [0.4, 0.5) is 5.13 Å². The number of thiazole rings is 1. The summed E-state index contributed by atoms with van der Waals surface area (Å²) in [5.41, 5.74) is 6.89. The molecule has 0 spiro atoms. The van der Waals surface area contributed by atoms with Gasteiger partial charge in [-0.1, -0.05) is 29.5 Å². The zero-order chi connectivity index (χ0) is 19.0. The first-order valence-electron chi connectivity index (χ1n) is 9.55. The highest BCUT2D eigenvalue weighted by Gasteiger charge is 2.41. The molecule has 2 atom stereocenters. The molecule has 142 valence electrons. The van der Waals surface area contributed by atoms with Crippen molar-refractivity contribution in [3.05, 3.63) is 52.2 Å². The van der Waals surface area contributed by atoms with Gasteiger partial charge in [-0.25, -0.2) is 4.98 Å². The Balaban J connectivity index is 1.72. The largest absolute Gasteiger partial charge is 0.494 e. The van der Waals surface area contributed by atoms with E-state index in [1.54, 1.807) is 6.92 Å². The fourth-order valence-corrected chi connectivity index (χ4v) is 5.00. The maximum Gasteiger partial charge on any atom is 0.205 e. The second kappa shape index (κ2) is 7.35. The number of aromatic nitrogens is 1. The maximum atomic E-state index is 11.9. The lowest BCUT2D eigenvalue weighted by Gasteiger charge is -2.27. The number of ketones is 1. The summed E-state index contributed by atoms with van der Waals surface area (Å²) < 4.78 is 5.60. The molecule has 1 fully saturated rings. The molecular formula is C21H25N3O2S. The number of carbonyl (C=O) groups is 1. The van der Waals surface area contributed by atoms with Crippen molar-refractivity contribution in [1.29, 1.82) is 0 Å². The summed E-state index contributed by atoms with van der Waals surface area (Å²) in [7, 11) is 0. The van der Waals surface area contributed by atoms with Gasteiger partial charge in [-0.15, -0.1) is 0 Å². The van der Waals surface area contributed by atoms with E-state index in [-0.39, 0.29) is 11.8 Å². The third kappa shape index (κ3) is 3.34. The minimum Gasteiger partial charge on any atom is -0.494 e. The highest BCUT2D eigenvalue weighted by Crippen LogP contribution is 2.46. The monoisotopic (exact) mass is 383 g/mol. The van der Waals surface area contributed by atoms with Crippen molar-refractivity contribution in [3.63, 3.8) is 0 Å². The van der Waals surface area contributed by atoms with E-state index in [1.807, 2.05) is 26.0 Å². The number of hydrogen-bond donors (Lipinski definition) is 1. The molecule has 5 nitrogen and oxygen atoms in total. The average molecular weight is 384 g/mol. The fraction of sp³-hybridized carbons (Fsp3) is 0.429. The van der Waals surface area contributed by atoms with Gasteiger partial charge in [0.25, 0.3) is 0 Å². The van der Waals surface area contributed by atoms with E-state index >= 15 is 0 Å². The molecule has 6 heteroatoms. The van der Waals surface area contributed by atoms with Crippen LogP contribution < -0.4 is 15.2 Å². The summed E-state index contributed by atoms with van der Waals surface area (Å²) in [6, 6.07) is 8.53. The maximum absolute atomic E-state index is 11.9. The number of aryl methyl sites for hydroxylation is 1. The first kappa shape index (κ1) is 18.0. The summed E-state index contributed by atoms with van der Waals surface area (Å²) in [6.07, 6.45) is 5.77. The van der Waals surface area contributed by atoms with Crippen molar-refractivity contribution in [1.82, 2.24) is 10.4 Å². The summed E-state index contributed by atoms with van der Waals surface area (Å²) in [5.74, 6) is 1.38. The van der Waals surface area contributed by atoms with E-state index in [4.69, 9.17) is 9.72 Å². The van der Waals surface area contributed by atoms with E-state index in [9.17, 15) is 4.79 Å². The van der Waals surface area contributed by atoms with Crippen LogP contribution in [0.25, 0.3) is 0 Å². The van der Waals surface area contributed by atoms with Gasteiger partial charge in [0.2, 0.25) is 5.13 Å². The number of anilines is 1. The van der Waals surface area contributed by atoms with Crippen molar-refractivity contribution in [3.8, 4) is 5.75 Å². The van der Waals surface area contributed by atoms with E-state index in [1.165, 1.54) is 29.0 Å². The highest BCUT2D eigenvalue weighted by atomic mass is 32.1. The molecule has 2 aliphatic rings. The summed E-state index contributed by atoms with van der Waals surface area (Å²) >= 11 is 1.47. The molecule has 0 unspecified atom stereocenters. The molecule has 1 aliphatic carbocycles. The van der Waals surface area contributed by atoms with Crippen LogP contribution in [0.2, 0.25) is 0 Å². The quantitative estimate of drug-likeness (QED) is 0.752. The van der Waals surface area contributed by atoms with Gasteiger partial charge in [-0.05, 0) is 50.8 Å². The third-order valence-corrected chi connectivity index (χ3v) is 6.49. The van der Waals surface area contributed by atoms with Crippen LogP contribution in [-0.2, 0) is 0 Å². The van der Waals surface area contributed by atoms with Crippen LogP contribution in [0.3, 0.4) is 0 Å². The zero-order valence-corrected chi connectivity index (χ0v) is 16.8. The van der Waals surface area contributed by atoms with E-state index in [0.29, 0.717) is 12.5 Å². The Morgan fingerprint density at radius 1 is 1.37 bits per heavy atom. The summed E-state index contributed by atoms with van der Waals surface area (Å²) in [6.45, 7) is 6.17. The first-order valence-corrected chi connectivity index (χ1v) is 10.4. The topological polar surface area (TPSA) is 54.5 Å². The van der Waals surface area contributed by atoms with E-state index in [2.05, 4.69) is 28.6 Å². The Morgan fingerprint density at radius 2 is 2.15 bits per heavy atom. The number of allylic oxidation sites excluding steroid dienone is 1. The Labute approximate surface area is 164 Å². The lowest BCUT2D eigenvalue weighted by molar-refractivity contribution is 0.102. The molecule has 1 aromatic carbocycles. The lowest BCUT2D eigenvalue weighted by Crippen LogP contribution is -2.32. The fourth-order valence-electron chi connectivity index (χ4n) is 4.04. The van der Waals surface area contributed by atoms with Crippen molar-refractivity contribution in [2.24, 2.45) is 5.92 Å². The molecule has 0 bridgehead atoms. The van der Waals surface area contributed by atoms with Crippen molar-refractivity contribution >= 4 is 22.3 Å². The molecule has 27 heavy (non-hydrogen) atoms. The molecule has 0 radical (unpaired) electrons. The standard InChI is InChI=1S/C21H25N3O2S/c1-4-26-16-11-9-15(10-12-16)19-17-7-5-6-8-18(17)23-24(19)21-22-13(2)20(27-21)14(3)25/h8-12,17,19,23H,4-7H2,1-3H3/t17-,19+/m0/s1. The number of ether oxygens (including phenoxy) is 1. The van der Waals surface area contributed by atoms with Gasteiger partial charge in [-0.3, -0.25) is 15.2 Å². The molecule has 0 saturated carbocycles. The number of rotatable bonds is 5. The Hall–Kier alpha value is -2.34. The number of hydrazine groups is 1. The number of benzene rings is 1. The predicted molar refractivity (Wildman–Crippen MR) is 108 cm³/mol. The Morgan fingerprint density at radius 3 is 2.81 bits per heavy atom. The second-order valence-electron chi connectivity index (χ2n) is 7.09. The van der Waals surface area contributed by atoms with Crippen molar-refractivity contribution < 1.29 is 9.53 Å². The number of Topliss-reactive ketones (excluding diaryl/α,β-unsaturated/α-hetero) is 1. The molecule has 1 aromatic heterocycles. The SMILES string of the molecule is CCOc1ccc([C@@H]2[C@H]3CCCC=C3NN2c2nc(C)c(C(C)=O)s2)cc1. The molecule has 1 N–H and O–H groups in total. The lowest BCUT2D eigenvalue weighted by atomic mass is 9.84. The molecule has 4 rings (SSSR count). The van der Waals surface area contributed by atoms with Gasteiger partial charge < -0.3 is 4.74 Å². The van der Waals surface area contributed by atoms with Gasteiger partial charge >= 0.3 is 0 Å². The number of hydrogen-bond acceptors (Lipinski definition) is 6. The number of carbonyl (C=O) groups excluding carboxylic acids is 1. The van der Waals surface area contributed by atoms with Crippen LogP contribution in [0.15, 0.2) is 36.0 Å². The average Bonchev–Trinajstić information content (AvgIpc) is 3.23. The van der Waals surface area contributed by atoms with Gasteiger partial charge in [0.05, 0.1) is 23.2 Å². The smallest absolute Gasteiger partial charge is 0.205 e. The molecule has 2 aromatic rings. The Kier molecular flexibility index (Phi) is 4.91. The summed E-state index contributed by atoms with van der Waals surface area (Å²) in [4.78, 5) is 17.3. The van der Waals surface area contributed by atoms with Crippen LogP contribution in [0.1, 0.15) is 60.1 Å². The molecule has 0 amide bonds. The van der Waals surface area contributed by atoms with Crippen LogP contribution in [-0.4, -0.2) is 17.4 Å². The minimum absolute atomic E-state index is 0.0738. The van der Waals surface area contributed by atoms with Crippen LogP contribution in [0, 0.1) is 12.8 Å². The first-order chi connectivity index (χ1) is 13.1. The van der Waals surface area contributed by atoms with Crippen molar-refractivity contribution in [2.75, 3.05) is 11.6 Å². The Bertz CT molecular complexity index is 872. The van der Waals surface area contributed by atoms with Gasteiger partial charge in [0, 0.05) is 18.5 Å². The van der Waals surface area contributed by atoms with E-state index < -0.39 is 0 Å². The second-order valence-corrected chi connectivity index (χ2v) is 8.07. The third-order valence-electron chi connectivity index (χ3n) is 5.24. The zero-order valence-electron chi connectivity index (χ0n) is 16.0. The normalized spacial score (nSPS) is 21.4. The highest BCUT2D eigenvalue weighted by molar-refractivity contribution is 7.17. The van der Waals surface area contributed by atoms with Gasteiger partial charge in [-0.2, -0.15) is 0 Å². The number of fused-ring (bicyclic) bond motifs is 1. The summed E-state index contributed by atoms with van der Waals surface area (Å²) in [5, 5.41) is 3.01. The number of nitrogens with zero attached hydrogens (tertiary/aromatic N) is 2. The van der Waals surface area contributed by atoms with Crippen LogP contribution >= 0.6 is 11.3 Å². The molecule has 1 saturated heterocycles. The number of nitrogens with one attached hydrogen (secondary N) is 1. The predicted octanol–water partition coefficient (Wildman–Crippen LogP) is 4.80. The molecule has 1 aliphatic heterocycles.